The van der Waals surface area contributed by atoms with Crippen LogP contribution in [0.1, 0.15) is 23.0 Å². The zero-order valence-electron chi connectivity index (χ0n) is 10.3. The number of aromatic nitrogens is 1. The Kier molecular flexibility index (Phi) is 3.01. The summed E-state index contributed by atoms with van der Waals surface area (Å²) in [4.78, 5) is 3.90. The average Bonchev–Trinajstić information content (AvgIpc) is 2.84. The Hall–Kier alpha value is -1.84. The molecule has 0 aliphatic carbocycles. The highest BCUT2D eigenvalue weighted by Crippen LogP contribution is 2.32. The molecule has 0 spiro atoms. The topological polar surface area (TPSA) is 46.3 Å². The lowest BCUT2D eigenvalue weighted by molar-refractivity contribution is 0.192. The largest absolute Gasteiger partial charge is 0.458 e. The molecule has 1 atom stereocenters. The first-order chi connectivity index (χ1) is 9.16. The Balaban J connectivity index is 2.10. The molecule has 3 nitrogen and oxygen atoms in total. The van der Waals surface area contributed by atoms with Crippen LogP contribution in [0.25, 0.3) is 11.0 Å². The van der Waals surface area contributed by atoms with Crippen molar-refractivity contribution in [2.45, 2.75) is 13.0 Å². The number of aliphatic hydroxyl groups excluding tert-OH is 1. The van der Waals surface area contributed by atoms with Crippen LogP contribution >= 0.6 is 11.6 Å². The van der Waals surface area contributed by atoms with Crippen LogP contribution in [0.15, 0.2) is 47.1 Å². The summed E-state index contributed by atoms with van der Waals surface area (Å²) in [6, 6.07) is 9.41. The van der Waals surface area contributed by atoms with Gasteiger partial charge in [-0.2, -0.15) is 0 Å². The zero-order chi connectivity index (χ0) is 13.4. The van der Waals surface area contributed by atoms with Crippen LogP contribution in [0, 0.1) is 6.92 Å². The third-order valence-corrected chi connectivity index (χ3v) is 3.44. The summed E-state index contributed by atoms with van der Waals surface area (Å²) < 4.78 is 5.74. The molecule has 3 aromatic rings. The fourth-order valence-corrected chi connectivity index (χ4v) is 2.35. The van der Waals surface area contributed by atoms with Gasteiger partial charge in [0.05, 0.1) is 5.02 Å². The summed E-state index contributed by atoms with van der Waals surface area (Å²) >= 11 is 6.03. The molecule has 1 unspecified atom stereocenters. The molecule has 96 valence electrons. The molecule has 0 bridgehead atoms. The van der Waals surface area contributed by atoms with Crippen molar-refractivity contribution in [1.82, 2.24) is 4.98 Å². The van der Waals surface area contributed by atoms with Gasteiger partial charge in [0.1, 0.15) is 17.4 Å². The molecule has 0 amide bonds. The number of aryl methyl sites for hydroxylation is 1. The summed E-state index contributed by atoms with van der Waals surface area (Å²) in [5.41, 5.74) is 2.42. The van der Waals surface area contributed by atoms with E-state index < -0.39 is 6.10 Å². The summed E-state index contributed by atoms with van der Waals surface area (Å²) in [6.07, 6.45) is 2.22. The van der Waals surface area contributed by atoms with Gasteiger partial charge in [-0.3, -0.25) is 4.98 Å². The van der Waals surface area contributed by atoms with Crippen LogP contribution < -0.4 is 0 Å². The number of fused-ring (bicyclic) bond motifs is 1. The third kappa shape index (κ3) is 2.11. The van der Waals surface area contributed by atoms with E-state index in [0.29, 0.717) is 16.3 Å². The number of furan rings is 1. The second kappa shape index (κ2) is 4.68. The normalized spacial score (nSPS) is 12.8. The van der Waals surface area contributed by atoms with E-state index in [9.17, 15) is 5.11 Å². The van der Waals surface area contributed by atoms with Gasteiger partial charge >= 0.3 is 0 Å². The van der Waals surface area contributed by atoms with Crippen LogP contribution in [0.5, 0.6) is 0 Å². The van der Waals surface area contributed by atoms with Gasteiger partial charge in [-0.25, -0.2) is 0 Å². The van der Waals surface area contributed by atoms with Crippen LogP contribution in [0.4, 0.5) is 0 Å². The zero-order valence-corrected chi connectivity index (χ0v) is 11.1. The van der Waals surface area contributed by atoms with E-state index in [4.69, 9.17) is 16.0 Å². The van der Waals surface area contributed by atoms with Crippen LogP contribution in [0.3, 0.4) is 0 Å². The van der Waals surface area contributed by atoms with E-state index in [-0.39, 0.29) is 0 Å². The van der Waals surface area contributed by atoms with Crippen molar-refractivity contribution in [3.63, 3.8) is 0 Å². The lowest BCUT2D eigenvalue weighted by Gasteiger charge is -2.09. The SMILES string of the molecule is Cc1cccc2cc(C(O)c3ccncc3Cl)oc12. The molecule has 0 aliphatic heterocycles. The lowest BCUT2D eigenvalue weighted by Crippen LogP contribution is -1.99. The quantitative estimate of drug-likeness (QED) is 0.771. The highest BCUT2D eigenvalue weighted by Gasteiger charge is 2.18. The van der Waals surface area contributed by atoms with Crippen LogP contribution in [0.2, 0.25) is 5.02 Å². The molecule has 0 fully saturated rings. The van der Waals surface area contributed by atoms with Gasteiger partial charge < -0.3 is 9.52 Å². The van der Waals surface area contributed by atoms with Gasteiger partial charge in [0, 0.05) is 23.3 Å². The van der Waals surface area contributed by atoms with E-state index in [1.807, 2.05) is 31.2 Å². The minimum absolute atomic E-state index is 0.423. The minimum atomic E-state index is -0.887. The number of hydrogen-bond acceptors (Lipinski definition) is 3. The summed E-state index contributed by atoms with van der Waals surface area (Å²) in [5.74, 6) is 0.484. The molecule has 0 saturated carbocycles. The maximum absolute atomic E-state index is 10.4. The number of halogens is 1. The lowest BCUT2D eigenvalue weighted by atomic mass is 10.1. The van der Waals surface area contributed by atoms with Crippen molar-refractivity contribution >= 4 is 22.6 Å². The van der Waals surface area contributed by atoms with Crippen molar-refractivity contribution < 1.29 is 9.52 Å². The first kappa shape index (κ1) is 12.2. The molecule has 3 rings (SSSR count). The minimum Gasteiger partial charge on any atom is -0.458 e. The standard InChI is InChI=1S/C15H12ClNO2/c1-9-3-2-4-10-7-13(19-15(9)10)14(18)11-5-6-17-8-12(11)16/h2-8,14,18H,1H3. The predicted molar refractivity (Wildman–Crippen MR) is 74.3 cm³/mol. The maximum Gasteiger partial charge on any atom is 0.138 e. The molecular formula is C15H12ClNO2. The van der Waals surface area contributed by atoms with Crippen molar-refractivity contribution in [2.24, 2.45) is 0 Å². The van der Waals surface area contributed by atoms with E-state index in [0.717, 1.165) is 16.5 Å². The van der Waals surface area contributed by atoms with Crippen molar-refractivity contribution in [1.29, 1.82) is 0 Å². The van der Waals surface area contributed by atoms with Gasteiger partial charge in [0.2, 0.25) is 0 Å². The number of nitrogens with zero attached hydrogens (tertiary/aromatic N) is 1. The number of rotatable bonds is 2. The van der Waals surface area contributed by atoms with Crippen molar-refractivity contribution in [3.05, 3.63) is 64.6 Å². The van der Waals surface area contributed by atoms with Crippen LogP contribution in [-0.4, -0.2) is 10.1 Å². The number of benzene rings is 1. The molecule has 19 heavy (non-hydrogen) atoms. The average molecular weight is 274 g/mol. The van der Waals surface area contributed by atoms with Crippen LogP contribution in [-0.2, 0) is 0 Å². The molecule has 0 radical (unpaired) electrons. The molecule has 0 aliphatic rings. The number of pyridine rings is 1. The summed E-state index contributed by atoms with van der Waals surface area (Å²) in [7, 11) is 0. The monoisotopic (exact) mass is 273 g/mol. The van der Waals surface area contributed by atoms with E-state index >= 15 is 0 Å². The first-order valence-electron chi connectivity index (χ1n) is 5.93. The highest BCUT2D eigenvalue weighted by atomic mass is 35.5. The van der Waals surface area contributed by atoms with E-state index in [2.05, 4.69) is 4.98 Å². The number of para-hydroxylation sites is 1. The van der Waals surface area contributed by atoms with Gasteiger partial charge in [0.25, 0.3) is 0 Å². The number of hydrogen-bond donors (Lipinski definition) is 1. The molecule has 1 aromatic carbocycles. The van der Waals surface area contributed by atoms with Gasteiger partial charge in [0.15, 0.2) is 0 Å². The van der Waals surface area contributed by atoms with Gasteiger partial charge in [-0.1, -0.05) is 29.8 Å². The first-order valence-corrected chi connectivity index (χ1v) is 6.31. The highest BCUT2D eigenvalue weighted by molar-refractivity contribution is 6.31. The van der Waals surface area contributed by atoms with Gasteiger partial charge in [-0.05, 0) is 24.6 Å². The Bertz CT molecular complexity index is 736. The Labute approximate surface area is 115 Å². The molecule has 0 saturated heterocycles. The Morgan fingerprint density at radius 1 is 1.32 bits per heavy atom. The van der Waals surface area contributed by atoms with Crippen molar-refractivity contribution in [3.8, 4) is 0 Å². The van der Waals surface area contributed by atoms with E-state index in [1.165, 1.54) is 6.20 Å². The number of aliphatic hydroxyl groups is 1. The fraction of sp³-hybridized carbons (Fsp3) is 0.133. The van der Waals surface area contributed by atoms with Crippen molar-refractivity contribution in [2.75, 3.05) is 0 Å². The Morgan fingerprint density at radius 2 is 2.16 bits per heavy atom. The predicted octanol–water partition coefficient (Wildman–Crippen LogP) is 3.87. The third-order valence-electron chi connectivity index (χ3n) is 3.13. The second-order valence-corrected chi connectivity index (χ2v) is 4.85. The van der Waals surface area contributed by atoms with E-state index in [1.54, 1.807) is 12.3 Å². The smallest absolute Gasteiger partial charge is 0.138 e. The molecule has 2 aromatic heterocycles. The molecule has 4 heteroatoms. The fourth-order valence-electron chi connectivity index (χ4n) is 2.12. The summed E-state index contributed by atoms with van der Waals surface area (Å²) in [6.45, 7) is 1.97. The van der Waals surface area contributed by atoms with Gasteiger partial charge in [-0.15, -0.1) is 0 Å². The molecular weight excluding hydrogens is 262 g/mol. The summed E-state index contributed by atoms with van der Waals surface area (Å²) in [5, 5.41) is 11.8. The Morgan fingerprint density at radius 3 is 2.89 bits per heavy atom. The molecule has 2 heterocycles. The maximum atomic E-state index is 10.4. The second-order valence-electron chi connectivity index (χ2n) is 4.44. The molecule has 1 N–H and O–H groups in total.